The van der Waals surface area contributed by atoms with Gasteiger partial charge < -0.3 is 24.6 Å². The molecule has 2 amide bonds. The van der Waals surface area contributed by atoms with E-state index in [2.05, 4.69) is 39.1 Å². The van der Waals surface area contributed by atoms with Crippen molar-refractivity contribution in [3.63, 3.8) is 0 Å². The summed E-state index contributed by atoms with van der Waals surface area (Å²) >= 11 is 0. The highest BCUT2D eigenvalue weighted by atomic mass is 16.2. The highest BCUT2D eigenvalue weighted by Gasteiger charge is 2.32. The van der Waals surface area contributed by atoms with Gasteiger partial charge in [-0.1, -0.05) is 6.07 Å². The van der Waals surface area contributed by atoms with Crippen LogP contribution in [-0.2, 0) is 17.9 Å². The van der Waals surface area contributed by atoms with Crippen LogP contribution in [0.3, 0.4) is 0 Å². The Morgan fingerprint density at radius 2 is 2.02 bits per heavy atom. The Morgan fingerprint density at radius 1 is 1.19 bits per heavy atom. The molecule has 42 heavy (non-hydrogen) atoms. The molecule has 0 spiro atoms. The summed E-state index contributed by atoms with van der Waals surface area (Å²) in [7, 11) is 4.05. The van der Waals surface area contributed by atoms with Gasteiger partial charge in [0.15, 0.2) is 5.78 Å². The summed E-state index contributed by atoms with van der Waals surface area (Å²) in [4.78, 5) is 37.5. The van der Waals surface area contributed by atoms with Gasteiger partial charge in [-0.3, -0.25) is 9.20 Å². The normalized spacial score (nSPS) is 18.0. The number of nitrogens with one attached hydrogen (secondary N) is 1. The van der Waals surface area contributed by atoms with E-state index in [1.807, 2.05) is 57.8 Å². The summed E-state index contributed by atoms with van der Waals surface area (Å²) in [5, 5.41) is 14.2. The average molecular weight is 563 g/mol. The predicted molar refractivity (Wildman–Crippen MR) is 160 cm³/mol. The van der Waals surface area contributed by atoms with Gasteiger partial charge >= 0.3 is 6.03 Å². The Hall–Kier alpha value is -4.62. The van der Waals surface area contributed by atoms with Crippen molar-refractivity contribution in [2.24, 2.45) is 5.92 Å². The number of urea groups is 1. The van der Waals surface area contributed by atoms with Crippen LogP contribution in [0.2, 0.25) is 0 Å². The Balaban J connectivity index is 1.25. The molecule has 0 unspecified atom stereocenters. The van der Waals surface area contributed by atoms with Crippen molar-refractivity contribution in [1.82, 2.24) is 34.0 Å². The quantitative estimate of drug-likeness (QED) is 0.409. The highest BCUT2D eigenvalue weighted by Crippen LogP contribution is 2.37. The lowest BCUT2D eigenvalue weighted by Crippen LogP contribution is -2.44. The standard InChI is InChI=1S/C32H34N8O2/c1-36-9-6-21(7-10-36)18-37(2)32(42)39-12-11-38-20-25(24-14-22(15-33)13-23(19-39)31(24)38)30-29(27(41)17-35-30)26-16-34-28-5-3-4-8-40(26)28/h3-5,8,13-14,16,20-21,35H,6-7,9-12,17-19H2,1-2H3. The lowest BCUT2D eigenvalue weighted by atomic mass is 9.97. The molecule has 7 rings (SSSR count). The van der Waals surface area contributed by atoms with Crippen molar-refractivity contribution in [2.45, 2.75) is 25.9 Å². The maximum Gasteiger partial charge on any atom is 0.320 e. The third-order valence-electron chi connectivity index (χ3n) is 9.02. The van der Waals surface area contributed by atoms with Gasteiger partial charge in [0.25, 0.3) is 0 Å². The number of ketones is 1. The topological polar surface area (TPSA) is 102 Å². The molecule has 1 N–H and O–H groups in total. The summed E-state index contributed by atoms with van der Waals surface area (Å²) in [6.45, 7) is 4.71. The van der Waals surface area contributed by atoms with Crippen LogP contribution < -0.4 is 5.32 Å². The van der Waals surface area contributed by atoms with Gasteiger partial charge in [-0.05, 0) is 68.7 Å². The van der Waals surface area contributed by atoms with Gasteiger partial charge in [0.1, 0.15) is 5.65 Å². The van der Waals surface area contributed by atoms with Gasteiger partial charge in [0.2, 0.25) is 0 Å². The van der Waals surface area contributed by atoms with E-state index in [0.29, 0.717) is 36.7 Å². The molecule has 3 aliphatic rings. The molecule has 0 bridgehead atoms. The smallest absolute Gasteiger partial charge is 0.320 e. The number of benzene rings is 1. The number of nitrogens with zero attached hydrogens (tertiary/aromatic N) is 7. The summed E-state index contributed by atoms with van der Waals surface area (Å²) in [6, 6.07) is 11.9. The number of nitriles is 1. The zero-order valence-electron chi connectivity index (χ0n) is 24.0. The molecule has 10 nitrogen and oxygen atoms in total. The Morgan fingerprint density at radius 3 is 2.83 bits per heavy atom. The minimum absolute atomic E-state index is 0.00438. The first kappa shape index (κ1) is 26.3. The molecule has 1 saturated heterocycles. The van der Waals surface area contributed by atoms with E-state index in [1.54, 1.807) is 6.20 Å². The van der Waals surface area contributed by atoms with E-state index in [9.17, 15) is 14.9 Å². The van der Waals surface area contributed by atoms with Crippen molar-refractivity contribution < 1.29 is 9.59 Å². The second-order valence-electron chi connectivity index (χ2n) is 11.8. The molecule has 0 aliphatic carbocycles. The molecule has 3 aliphatic heterocycles. The van der Waals surface area contributed by atoms with Crippen molar-refractivity contribution in [3.8, 4) is 6.07 Å². The largest absolute Gasteiger partial charge is 0.376 e. The third-order valence-corrected chi connectivity index (χ3v) is 9.02. The number of piperidine rings is 1. The molecule has 10 heteroatoms. The molecular weight excluding hydrogens is 528 g/mol. The number of pyridine rings is 1. The first-order valence-electron chi connectivity index (χ1n) is 14.6. The molecule has 1 fully saturated rings. The van der Waals surface area contributed by atoms with Crippen LogP contribution in [0.1, 0.15) is 35.2 Å². The van der Waals surface area contributed by atoms with E-state index in [-0.39, 0.29) is 18.4 Å². The summed E-state index contributed by atoms with van der Waals surface area (Å²) in [5.74, 6) is 0.522. The van der Waals surface area contributed by atoms with Crippen LogP contribution >= 0.6 is 0 Å². The van der Waals surface area contributed by atoms with Crippen molar-refractivity contribution in [1.29, 1.82) is 5.26 Å². The van der Waals surface area contributed by atoms with Crippen molar-refractivity contribution in [3.05, 3.63) is 71.3 Å². The number of aromatic nitrogens is 3. The SMILES string of the molecule is CN1CCC(CN(C)C(=O)N2CCn3cc(C4=C(c5cnc6ccccn56)C(=O)CN4)c4cc(C#N)cc(c43)C2)CC1. The number of hydrogen-bond acceptors (Lipinski definition) is 6. The number of likely N-dealkylation sites (tertiary alicyclic amines) is 1. The number of imidazole rings is 1. The van der Waals surface area contributed by atoms with E-state index in [0.717, 1.165) is 71.5 Å². The van der Waals surface area contributed by atoms with Crippen LogP contribution in [0.25, 0.3) is 27.8 Å². The zero-order valence-corrected chi connectivity index (χ0v) is 24.0. The maximum absolute atomic E-state index is 13.6. The fraction of sp³-hybridized carbons (Fsp3) is 0.375. The molecular formula is C32H34N8O2. The molecule has 0 saturated carbocycles. The van der Waals surface area contributed by atoms with Crippen LogP contribution in [0, 0.1) is 17.2 Å². The van der Waals surface area contributed by atoms with E-state index < -0.39 is 0 Å². The lowest BCUT2D eigenvalue weighted by Gasteiger charge is -2.33. The maximum atomic E-state index is 13.6. The number of rotatable bonds is 4. The zero-order chi connectivity index (χ0) is 29.0. The number of carbonyl (C=O) groups is 2. The molecule has 6 heterocycles. The van der Waals surface area contributed by atoms with Crippen molar-refractivity contribution >= 4 is 39.6 Å². The number of Topliss-reactive ketones (excluding diaryl/α,β-unsaturated/α-hetero) is 1. The number of carbonyl (C=O) groups excluding carboxylic acids is 2. The minimum atomic E-state index is 0.00438. The van der Waals surface area contributed by atoms with Crippen LogP contribution in [0.4, 0.5) is 4.79 Å². The first-order chi connectivity index (χ1) is 20.4. The van der Waals surface area contributed by atoms with Crippen LogP contribution in [-0.4, -0.2) is 87.3 Å². The second kappa shape index (κ2) is 10.3. The van der Waals surface area contributed by atoms with Gasteiger partial charge in [-0.25, -0.2) is 9.78 Å². The number of fused-ring (bicyclic) bond motifs is 1. The molecule has 1 aromatic carbocycles. The number of hydrogen-bond donors (Lipinski definition) is 1. The van der Waals surface area contributed by atoms with Gasteiger partial charge in [-0.15, -0.1) is 0 Å². The Kier molecular flexibility index (Phi) is 6.47. The van der Waals surface area contributed by atoms with Gasteiger partial charge in [-0.2, -0.15) is 5.26 Å². The lowest BCUT2D eigenvalue weighted by molar-refractivity contribution is -0.112. The molecule has 0 atom stereocenters. The first-order valence-corrected chi connectivity index (χ1v) is 14.6. The fourth-order valence-corrected chi connectivity index (χ4v) is 6.82. The van der Waals surface area contributed by atoms with Crippen molar-refractivity contribution in [2.75, 3.05) is 46.8 Å². The minimum Gasteiger partial charge on any atom is -0.376 e. The average Bonchev–Trinajstić information content (AvgIpc) is 3.66. The molecule has 214 valence electrons. The van der Waals surface area contributed by atoms with Crippen LogP contribution in [0.15, 0.2) is 48.9 Å². The molecule has 3 aromatic heterocycles. The van der Waals surface area contributed by atoms with Crippen LogP contribution in [0.5, 0.6) is 0 Å². The van der Waals surface area contributed by atoms with E-state index >= 15 is 0 Å². The van der Waals surface area contributed by atoms with Gasteiger partial charge in [0, 0.05) is 56.6 Å². The van der Waals surface area contributed by atoms with E-state index in [4.69, 9.17) is 0 Å². The summed E-state index contributed by atoms with van der Waals surface area (Å²) < 4.78 is 4.11. The number of amides is 2. The second-order valence-corrected chi connectivity index (χ2v) is 11.8. The Labute approximate surface area is 244 Å². The Bertz CT molecular complexity index is 1800. The predicted octanol–water partition coefficient (Wildman–Crippen LogP) is 3.41. The van der Waals surface area contributed by atoms with E-state index in [1.165, 1.54) is 0 Å². The van der Waals surface area contributed by atoms with Gasteiger partial charge in [0.05, 0.1) is 46.9 Å². The highest BCUT2D eigenvalue weighted by molar-refractivity contribution is 6.32. The molecule has 4 aromatic rings. The third kappa shape index (κ3) is 4.41. The summed E-state index contributed by atoms with van der Waals surface area (Å²) in [5.41, 5.74) is 6.22. The molecule has 0 radical (unpaired) electrons. The monoisotopic (exact) mass is 562 g/mol. The summed E-state index contributed by atoms with van der Waals surface area (Å²) in [6.07, 6.45) is 7.94. The fourth-order valence-electron chi connectivity index (χ4n) is 6.82.